The van der Waals surface area contributed by atoms with Gasteiger partial charge in [-0.15, -0.1) is 0 Å². The molecule has 2 unspecified atom stereocenters. The van der Waals surface area contributed by atoms with Gasteiger partial charge in [-0.3, -0.25) is 9.59 Å². The molecule has 0 aromatic heterocycles. The van der Waals surface area contributed by atoms with Crippen molar-refractivity contribution >= 4 is 45.3 Å². The number of hydrogen-bond acceptors (Lipinski definition) is 8. The molecule has 0 aliphatic heterocycles. The number of amides is 2. The first-order valence-electron chi connectivity index (χ1n) is 19.0. The number of carboxylic acids is 2. The zero-order valence-corrected chi connectivity index (χ0v) is 31.5. The molecule has 10 nitrogen and oxygen atoms in total. The summed E-state index contributed by atoms with van der Waals surface area (Å²) >= 11 is 0. The van der Waals surface area contributed by atoms with Gasteiger partial charge in [0.05, 0.1) is 0 Å². The zero-order chi connectivity index (χ0) is 35.5. The van der Waals surface area contributed by atoms with Gasteiger partial charge in [0.1, 0.15) is 12.1 Å². The standard InChI is InChI=1S/C36H70N4O6S2/c37-27-23-19-15-11-7-3-1-5-9-13-17-21-25-33(41)39-31(35(43)44)29-47-48-30-32(36(45)46)40-34(42)26-22-18-14-10-6-2-4-8-12-16-20-24-28-38/h31-32H,1-30,37-38H2,(H,39,41)(H,40,42)(H,43,44)(H,45,46). The largest absolute Gasteiger partial charge is 0.480 e. The lowest BCUT2D eigenvalue weighted by Gasteiger charge is -2.16. The normalized spacial score (nSPS) is 12.5. The summed E-state index contributed by atoms with van der Waals surface area (Å²) in [7, 11) is 2.37. The molecule has 0 saturated heterocycles. The summed E-state index contributed by atoms with van der Waals surface area (Å²) in [5.74, 6) is -2.58. The molecule has 8 N–H and O–H groups in total. The average molecular weight is 719 g/mol. The number of nitrogens with one attached hydrogen (secondary N) is 2. The number of nitrogens with two attached hydrogens (primary N) is 2. The fourth-order valence-electron chi connectivity index (χ4n) is 5.51. The first-order valence-corrected chi connectivity index (χ1v) is 21.5. The molecule has 0 aliphatic rings. The van der Waals surface area contributed by atoms with Crippen molar-refractivity contribution in [3.8, 4) is 0 Å². The Labute approximate surface area is 299 Å². The Morgan fingerprint density at radius 1 is 0.417 bits per heavy atom. The summed E-state index contributed by atoms with van der Waals surface area (Å²) in [6, 6.07) is -2.09. The minimum absolute atomic E-state index is 0.105. The van der Waals surface area contributed by atoms with Gasteiger partial charge in [-0.05, 0) is 38.8 Å². The quantitative estimate of drug-likeness (QED) is 0.0277. The highest BCUT2D eigenvalue weighted by molar-refractivity contribution is 8.76. The molecule has 2 amide bonds. The third kappa shape index (κ3) is 31.7. The molecule has 2 atom stereocenters. The Balaban J connectivity index is 3.93. The lowest BCUT2D eigenvalue weighted by Crippen LogP contribution is -2.43. The molecule has 0 aromatic rings. The topological polar surface area (TPSA) is 185 Å². The zero-order valence-electron chi connectivity index (χ0n) is 29.9. The van der Waals surface area contributed by atoms with Crippen LogP contribution in [-0.4, -0.2) is 70.6 Å². The second-order valence-electron chi connectivity index (χ2n) is 13.0. The minimum Gasteiger partial charge on any atom is -0.480 e. The summed E-state index contributed by atoms with van der Waals surface area (Å²) in [6.45, 7) is 1.58. The molecule has 282 valence electrons. The van der Waals surface area contributed by atoms with E-state index in [0.717, 1.165) is 77.3 Å². The summed E-state index contributed by atoms with van der Waals surface area (Å²) in [4.78, 5) is 48.0. The lowest BCUT2D eigenvalue weighted by molar-refractivity contribution is -0.141. The Hall–Kier alpha value is -1.50. The molecule has 0 aromatic carbocycles. The second-order valence-corrected chi connectivity index (χ2v) is 15.6. The maximum absolute atomic E-state index is 12.3. The van der Waals surface area contributed by atoms with E-state index in [4.69, 9.17) is 11.5 Å². The van der Waals surface area contributed by atoms with Crippen LogP contribution in [0.5, 0.6) is 0 Å². The number of carboxylic acid groups (broad SMARTS) is 2. The minimum atomic E-state index is -1.12. The van der Waals surface area contributed by atoms with Crippen LogP contribution in [0.3, 0.4) is 0 Å². The van der Waals surface area contributed by atoms with E-state index < -0.39 is 24.0 Å². The summed E-state index contributed by atoms with van der Waals surface area (Å²) < 4.78 is 0. The van der Waals surface area contributed by atoms with Crippen molar-refractivity contribution in [2.24, 2.45) is 11.5 Å². The summed E-state index contributed by atoms with van der Waals surface area (Å²) in [5.41, 5.74) is 11.0. The molecule has 12 heteroatoms. The summed E-state index contributed by atoms with van der Waals surface area (Å²) in [5, 5.41) is 24.3. The molecule has 0 heterocycles. The predicted molar refractivity (Wildman–Crippen MR) is 202 cm³/mol. The highest BCUT2D eigenvalue weighted by Crippen LogP contribution is 2.23. The molecular weight excluding hydrogens is 649 g/mol. The van der Waals surface area contributed by atoms with Crippen molar-refractivity contribution in [1.82, 2.24) is 10.6 Å². The first-order chi connectivity index (χ1) is 23.3. The van der Waals surface area contributed by atoms with Gasteiger partial charge in [-0.1, -0.05) is 150 Å². The van der Waals surface area contributed by atoms with Crippen LogP contribution in [0.1, 0.15) is 167 Å². The fourth-order valence-corrected chi connectivity index (χ4v) is 7.82. The highest BCUT2D eigenvalue weighted by atomic mass is 33.1. The van der Waals surface area contributed by atoms with Crippen LogP contribution in [0.15, 0.2) is 0 Å². The Kier molecular flexibility index (Phi) is 34.2. The van der Waals surface area contributed by atoms with E-state index in [-0.39, 0.29) is 23.3 Å². The van der Waals surface area contributed by atoms with Crippen molar-refractivity contribution in [3.63, 3.8) is 0 Å². The third-order valence-electron chi connectivity index (χ3n) is 8.54. The van der Waals surface area contributed by atoms with Crippen molar-refractivity contribution in [2.75, 3.05) is 24.6 Å². The highest BCUT2D eigenvalue weighted by Gasteiger charge is 2.23. The molecule has 0 fully saturated rings. The van der Waals surface area contributed by atoms with Crippen LogP contribution < -0.4 is 22.1 Å². The molecule has 0 spiro atoms. The third-order valence-corrected chi connectivity index (χ3v) is 11.0. The van der Waals surface area contributed by atoms with Gasteiger partial charge in [0.25, 0.3) is 0 Å². The number of carbonyl (C=O) groups is 4. The summed E-state index contributed by atoms with van der Waals surface area (Å²) in [6.07, 6.45) is 28.4. The number of aliphatic carboxylic acids is 2. The SMILES string of the molecule is NCCCCCCCCCCCCCCC(=O)NC(CSSCC(NC(=O)CCCCCCCCCCCCCCN)C(=O)O)C(=O)O. The van der Waals surface area contributed by atoms with Crippen molar-refractivity contribution in [3.05, 3.63) is 0 Å². The smallest absolute Gasteiger partial charge is 0.327 e. The number of hydrogen-bond donors (Lipinski definition) is 6. The van der Waals surface area contributed by atoms with Gasteiger partial charge in [0, 0.05) is 24.3 Å². The van der Waals surface area contributed by atoms with Gasteiger partial charge in [-0.2, -0.15) is 0 Å². The van der Waals surface area contributed by atoms with Crippen molar-refractivity contribution in [2.45, 2.75) is 179 Å². The van der Waals surface area contributed by atoms with Crippen molar-refractivity contribution in [1.29, 1.82) is 0 Å². The average Bonchev–Trinajstić information content (AvgIpc) is 3.05. The van der Waals surface area contributed by atoms with Crippen LogP contribution in [0.4, 0.5) is 0 Å². The first kappa shape index (κ1) is 46.5. The Morgan fingerprint density at radius 2 is 0.646 bits per heavy atom. The maximum Gasteiger partial charge on any atom is 0.327 e. The van der Waals surface area contributed by atoms with Crippen LogP contribution in [0.2, 0.25) is 0 Å². The predicted octanol–water partition coefficient (Wildman–Crippen LogP) is 7.57. The molecular formula is C36H70N4O6S2. The molecule has 0 bridgehead atoms. The van der Waals surface area contributed by atoms with Crippen LogP contribution in [-0.2, 0) is 19.2 Å². The fraction of sp³-hybridized carbons (Fsp3) is 0.889. The molecule has 0 radical (unpaired) electrons. The number of unbranched alkanes of at least 4 members (excludes halogenated alkanes) is 22. The number of rotatable bonds is 37. The second kappa shape index (κ2) is 35.3. The van der Waals surface area contributed by atoms with E-state index in [1.54, 1.807) is 0 Å². The van der Waals surface area contributed by atoms with Crippen LogP contribution >= 0.6 is 21.6 Å². The lowest BCUT2D eigenvalue weighted by atomic mass is 10.0. The van der Waals surface area contributed by atoms with Crippen molar-refractivity contribution < 1.29 is 29.4 Å². The Bertz CT molecular complexity index is 744. The van der Waals surface area contributed by atoms with E-state index >= 15 is 0 Å². The monoisotopic (exact) mass is 718 g/mol. The molecule has 0 saturated carbocycles. The maximum atomic E-state index is 12.3. The van der Waals surface area contributed by atoms with E-state index in [1.165, 1.54) is 111 Å². The van der Waals surface area contributed by atoms with Gasteiger partial charge in [0.2, 0.25) is 11.8 Å². The van der Waals surface area contributed by atoms with E-state index in [0.29, 0.717) is 12.8 Å². The molecule has 0 aliphatic carbocycles. The van der Waals surface area contributed by atoms with Gasteiger partial charge < -0.3 is 32.3 Å². The van der Waals surface area contributed by atoms with Gasteiger partial charge >= 0.3 is 11.9 Å². The number of carbonyl (C=O) groups excluding carboxylic acids is 2. The van der Waals surface area contributed by atoms with Gasteiger partial charge in [-0.25, -0.2) is 9.59 Å². The molecule has 0 rings (SSSR count). The van der Waals surface area contributed by atoms with E-state index in [2.05, 4.69) is 10.6 Å². The van der Waals surface area contributed by atoms with Crippen LogP contribution in [0.25, 0.3) is 0 Å². The van der Waals surface area contributed by atoms with Crippen LogP contribution in [0, 0.1) is 0 Å². The molecule has 48 heavy (non-hydrogen) atoms. The van der Waals surface area contributed by atoms with E-state index in [9.17, 15) is 29.4 Å². The van der Waals surface area contributed by atoms with Gasteiger partial charge in [0.15, 0.2) is 0 Å². The van der Waals surface area contributed by atoms with E-state index in [1.807, 2.05) is 0 Å². The Morgan fingerprint density at radius 3 is 0.875 bits per heavy atom.